The van der Waals surface area contributed by atoms with Crippen molar-refractivity contribution in [2.24, 2.45) is 5.41 Å². The molecule has 1 heteroatoms. The molecule has 94 valence electrons. The third kappa shape index (κ3) is 2.86. The number of benzene rings is 1. The second-order valence-electron chi connectivity index (χ2n) is 6.24. The molecule has 1 aromatic carbocycles. The summed E-state index contributed by atoms with van der Waals surface area (Å²) in [5.41, 5.74) is 2.56. The van der Waals surface area contributed by atoms with Crippen molar-refractivity contribution in [1.29, 1.82) is 0 Å². The van der Waals surface area contributed by atoms with Crippen molar-refractivity contribution >= 4 is 22.6 Å². The van der Waals surface area contributed by atoms with Crippen LogP contribution >= 0.6 is 22.6 Å². The summed E-state index contributed by atoms with van der Waals surface area (Å²) in [4.78, 5) is 0. The molecule has 0 unspecified atom stereocenters. The van der Waals surface area contributed by atoms with E-state index < -0.39 is 0 Å². The fourth-order valence-electron chi connectivity index (χ4n) is 2.91. The number of hydrogen-bond donors (Lipinski definition) is 0. The van der Waals surface area contributed by atoms with E-state index in [1.54, 1.807) is 5.56 Å². The highest BCUT2D eigenvalue weighted by Crippen LogP contribution is 2.48. The topological polar surface area (TPSA) is 0 Å². The summed E-state index contributed by atoms with van der Waals surface area (Å²) in [5.74, 6) is 0. The molecule has 1 fully saturated rings. The Kier molecular flexibility index (Phi) is 3.86. The highest BCUT2D eigenvalue weighted by molar-refractivity contribution is 14.1. The van der Waals surface area contributed by atoms with Gasteiger partial charge < -0.3 is 0 Å². The molecular weight excluding hydrogens is 319 g/mol. The molecule has 17 heavy (non-hydrogen) atoms. The van der Waals surface area contributed by atoms with E-state index in [1.165, 1.54) is 35.7 Å². The summed E-state index contributed by atoms with van der Waals surface area (Å²) in [5, 5.41) is 0. The smallest absolute Gasteiger partial charge is 0.0133 e. The van der Waals surface area contributed by atoms with Gasteiger partial charge in [-0.3, -0.25) is 0 Å². The molecule has 2 rings (SSSR count). The Balaban J connectivity index is 2.17. The minimum Gasteiger partial charge on any atom is -0.0649 e. The normalized spacial score (nSPS) is 33.6. The molecular formula is C16H23I. The van der Waals surface area contributed by atoms with Gasteiger partial charge in [0, 0.05) is 3.57 Å². The van der Waals surface area contributed by atoms with Gasteiger partial charge in [-0.05, 0) is 76.8 Å². The van der Waals surface area contributed by atoms with E-state index >= 15 is 0 Å². The zero-order valence-corrected chi connectivity index (χ0v) is 13.4. The lowest BCUT2D eigenvalue weighted by Crippen LogP contribution is -2.33. The zero-order valence-electron chi connectivity index (χ0n) is 11.2. The van der Waals surface area contributed by atoms with Gasteiger partial charge >= 0.3 is 0 Å². The summed E-state index contributed by atoms with van der Waals surface area (Å²) in [6, 6.07) is 9.08. The van der Waals surface area contributed by atoms with Crippen LogP contribution in [0.3, 0.4) is 0 Å². The molecule has 0 atom stereocenters. The first-order valence-corrected chi connectivity index (χ1v) is 7.81. The minimum atomic E-state index is 0.413. The van der Waals surface area contributed by atoms with Gasteiger partial charge in [-0.2, -0.15) is 0 Å². The van der Waals surface area contributed by atoms with Crippen molar-refractivity contribution in [3.05, 3.63) is 33.4 Å². The Bertz CT molecular complexity index is 386. The molecule has 0 spiro atoms. The molecule has 0 nitrogen and oxygen atoms in total. The van der Waals surface area contributed by atoms with Gasteiger partial charge in [0.2, 0.25) is 0 Å². The maximum Gasteiger partial charge on any atom is 0.0133 e. The van der Waals surface area contributed by atoms with Crippen LogP contribution in [0.5, 0.6) is 0 Å². The average Bonchev–Trinajstić information content (AvgIpc) is 2.34. The quantitative estimate of drug-likeness (QED) is 0.619. The maximum atomic E-state index is 2.46. The molecule has 0 aliphatic heterocycles. The van der Waals surface area contributed by atoms with Crippen LogP contribution in [0, 0.1) is 8.99 Å². The first kappa shape index (κ1) is 13.4. The molecule has 0 radical (unpaired) electrons. The highest BCUT2D eigenvalue weighted by atomic mass is 127. The van der Waals surface area contributed by atoms with E-state index in [4.69, 9.17) is 0 Å². The predicted molar refractivity (Wildman–Crippen MR) is 83.4 cm³/mol. The average molecular weight is 342 g/mol. The van der Waals surface area contributed by atoms with E-state index in [1.807, 2.05) is 0 Å². The van der Waals surface area contributed by atoms with Crippen LogP contribution in [0.2, 0.25) is 0 Å². The van der Waals surface area contributed by atoms with Crippen LogP contribution in [0.4, 0.5) is 0 Å². The summed E-state index contributed by atoms with van der Waals surface area (Å²) in [6.45, 7) is 7.25. The molecule has 1 aromatic rings. The van der Waals surface area contributed by atoms with Crippen molar-refractivity contribution in [2.75, 3.05) is 0 Å². The fourth-order valence-corrected chi connectivity index (χ4v) is 3.45. The molecule has 0 bridgehead atoms. The van der Waals surface area contributed by atoms with E-state index in [0.717, 1.165) is 0 Å². The van der Waals surface area contributed by atoms with Gasteiger partial charge in [0.1, 0.15) is 0 Å². The second kappa shape index (κ2) is 4.91. The molecule has 0 saturated heterocycles. The fraction of sp³-hybridized carbons (Fsp3) is 0.625. The van der Waals surface area contributed by atoms with Crippen LogP contribution < -0.4 is 0 Å². The highest BCUT2D eigenvalue weighted by Gasteiger charge is 2.37. The molecule has 0 aromatic heterocycles. The third-order valence-electron chi connectivity index (χ3n) is 4.94. The van der Waals surface area contributed by atoms with E-state index in [2.05, 4.69) is 67.6 Å². The molecule has 1 saturated carbocycles. The Morgan fingerprint density at radius 2 is 1.76 bits per heavy atom. The van der Waals surface area contributed by atoms with E-state index in [-0.39, 0.29) is 0 Å². The van der Waals surface area contributed by atoms with Gasteiger partial charge in [-0.1, -0.05) is 39.3 Å². The summed E-state index contributed by atoms with van der Waals surface area (Å²) in [6.07, 6.45) is 6.78. The largest absolute Gasteiger partial charge is 0.0649 e. The standard InChI is InChI=1S/C16H23I/c1-4-15(2)8-10-16(3,11-9-15)13-6-5-7-14(17)12-13/h5-7,12H,4,8-11H2,1-3H3. The van der Waals surface area contributed by atoms with Gasteiger partial charge in [0.25, 0.3) is 0 Å². The lowest BCUT2D eigenvalue weighted by molar-refractivity contribution is 0.148. The van der Waals surface area contributed by atoms with Crippen LogP contribution in [0.1, 0.15) is 58.4 Å². The van der Waals surface area contributed by atoms with Crippen molar-refractivity contribution in [1.82, 2.24) is 0 Å². The molecule has 1 aliphatic carbocycles. The monoisotopic (exact) mass is 342 g/mol. The first-order valence-electron chi connectivity index (χ1n) is 6.74. The molecule has 0 heterocycles. The third-order valence-corrected chi connectivity index (χ3v) is 5.61. The molecule has 1 aliphatic rings. The van der Waals surface area contributed by atoms with Crippen LogP contribution in [0.15, 0.2) is 24.3 Å². The summed E-state index contributed by atoms with van der Waals surface area (Å²) < 4.78 is 1.37. The Morgan fingerprint density at radius 3 is 2.29 bits per heavy atom. The van der Waals surface area contributed by atoms with Gasteiger partial charge in [0.15, 0.2) is 0 Å². The Hall–Kier alpha value is -0.0500. The van der Waals surface area contributed by atoms with Crippen LogP contribution in [-0.4, -0.2) is 0 Å². The molecule has 0 N–H and O–H groups in total. The van der Waals surface area contributed by atoms with Crippen LogP contribution in [0.25, 0.3) is 0 Å². The minimum absolute atomic E-state index is 0.413. The van der Waals surface area contributed by atoms with Crippen LogP contribution in [-0.2, 0) is 5.41 Å². The maximum absolute atomic E-state index is 2.46. The van der Waals surface area contributed by atoms with Crippen molar-refractivity contribution in [2.45, 2.75) is 58.3 Å². The van der Waals surface area contributed by atoms with Crippen molar-refractivity contribution < 1.29 is 0 Å². The summed E-state index contributed by atoms with van der Waals surface area (Å²) >= 11 is 2.42. The predicted octanol–water partition coefficient (Wildman–Crippen LogP) is 5.54. The Labute approximate surface area is 119 Å². The van der Waals surface area contributed by atoms with E-state index in [0.29, 0.717) is 10.8 Å². The van der Waals surface area contributed by atoms with Crippen molar-refractivity contribution in [3.63, 3.8) is 0 Å². The van der Waals surface area contributed by atoms with Gasteiger partial charge in [-0.15, -0.1) is 0 Å². The number of rotatable bonds is 2. The number of halogens is 1. The zero-order chi connectivity index (χ0) is 12.5. The van der Waals surface area contributed by atoms with Gasteiger partial charge in [-0.25, -0.2) is 0 Å². The molecule has 0 amide bonds. The number of hydrogen-bond acceptors (Lipinski definition) is 0. The second-order valence-corrected chi connectivity index (χ2v) is 7.48. The Morgan fingerprint density at radius 1 is 1.12 bits per heavy atom. The summed E-state index contributed by atoms with van der Waals surface area (Å²) in [7, 11) is 0. The van der Waals surface area contributed by atoms with E-state index in [9.17, 15) is 0 Å². The SMILES string of the molecule is CCC1(C)CCC(C)(c2cccc(I)c2)CC1. The first-order chi connectivity index (χ1) is 7.97. The van der Waals surface area contributed by atoms with Gasteiger partial charge in [0.05, 0.1) is 0 Å². The lowest BCUT2D eigenvalue weighted by atomic mass is 9.62. The lowest BCUT2D eigenvalue weighted by Gasteiger charge is -2.43. The van der Waals surface area contributed by atoms with Crippen molar-refractivity contribution in [3.8, 4) is 0 Å².